The van der Waals surface area contributed by atoms with Crippen LogP contribution in [0.2, 0.25) is 5.02 Å². The summed E-state index contributed by atoms with van der Waals surface area (Å²) in [5.74, 6) is -2.62. The number of alkyl halides is 3. The van der Waals surface area contributed by atoms with Crippen LogP contribution in [0.1, 0.15) is 15.9 Å². The van der Waals surface area contributed by atoms with Crippen molar-refractivity contribution in [2.45, 2.75) is 6.18 Å². The molecule has 0 aliphatic heterocycles. The SMILES string of the molecule is COCCOc1ccc(C(F)(F)F)cc1NC(=O)COC(=O)c1ccc(F)cc1Cl. The van der Waals surface area contributed by atoms with Crippen LogP contribution in [0.3, 0.4) is 0 Å². The van der Waals surface area contributed by atoms with E-state index in [2.05, 4.69) is 5.32 Å². The normalized spacial score (nSPS) is 11.1. The molecule has 0 aliphatic rings. The number of nitrogens with one attached hydrogen (secondary N) is 1. The molecule has 30 heavy (non-hydrogen) atoms. The van der Waals surface area contributed by atoms with Crippen LogP contribution in [0.25, 0.3) is 0 Å². The van der Waals surface area contributed by atoms with Crippen LogP contribution in [0.4, 0.5) is 23.2 Å². The molecule has 0 aliphatic carbocycles. The summed E-state index contributed by atoms with van der Waals surface area (Å²) in [6.07, 6.45) is -4.64. The summed E-state index contributed by atoms with van der Waals surface area (Å²) in [6.45, 7) is -0.618. The maximum atomic E-state index is 13.0. The lowest BCUT2D eigenvalue weighted by Gasteiger charge is -2.15. The van der Waals surface area contributed by atoms with E-state index < -0.39 is 36.0 Å². The number of benzene rings is 2. The molecule has 2 aromatic carbocycles. The van der Waals surface area contributed by atoms with Gasteiger partial charge in [-0.2, -0.15) is 13.2 Å². The maximum absolute atomic E-state index is 13.0. The third kappa shape index (κ3) is 6.60. The average molecular weight is 450 g/mol. The topological polar surface area (TPSA) is 73.9 Å². The standard InChI is InChI=1S/C19H16ClF4NO5/c1-28-6-7-29-16-5-2-11(19(22,23)24)8-15(16)25-17(26)10-30-18(27)13-4-3-12(21)9-14(13)20/h2-5,8-9H,6-7,10H2,1H3,(H,25,26). The van der Waals surface area contributed by atoms with Gasteiger partial charge >= 0.3 is 12.1 Å². The van der Waals surface area contributed by atoms with Gasteiger partial charge in [-0.1, -0.05) is 11.6 Å². The molecule has 0 saturated heterocycles. The Kier molecular flexibility index (Phi) is 8.01. The van der Waals surface area contributed by atoms with E-state index in [9.17, 15) is 27.2 Å². The Labute approximate surface area is 173 Å². The predicted molar refractivity (Wildman–Crippen MR) is 99.1 cm³/mol. The Bertz CT molecular complexity index is 920. The minimum Gasteiger partial charge on any atom is -0.489 e. The van der Waals surface area contributed by atoms with Gasteiger partial charge in [-0.25, -0.2) is 9.18 Å². The van der Waals surface area contributed by atoms with Gasteiger partial charge in [0.25, 0.3) is 5.91 Å². The molecule has 6 nitrogen and oxygen atoms in total. The van der Waals surface area contributed by atoms with Crippen LogP contribution < -0.4 is 10.1 Å². The number of ether oxygens (including phenoxy) is 3. The summed E-state index contributed by atoms with van der Waals surface area (Å²) >= 11 is 5.74. The highest BCUT2D eigenvalue weighted by Gasteiger charge is 2.31. The number of hydrogen-bond acceptors (Lipinski definition) is 5. The van der Waals surface area contributed by atoms with Crippen LogP contribution in [0.15, 0.2) is 36.4 Å². The van der Waals surface area contributed by atoms with E-state index >= 15 is 0 Å². The first-order chi connectivity index (χ1) is 14.1. The Morgan fingerprint density at radius 1 is 1.10 bits per heavy atom. The Balaban J connectivity index is 2.08. The molecule has 0 spiro atoms. The molecule has 0 fully saturated rings. The smallest absolute Gasteiger partial charge is 0.416 e. The molecule has 0 radical (unpaired) electrons. The fourth-order valence-electron chi connectivity index (χ4n) is 2.21. The van der Waals surface area contributed by atoms with Gasteiger partial charge in [-0.3, -0.25) is 4.79 Å². The molecule has 0 unspecified atom stereocenters. The van der Waals surface area contributed by atoms with E-state index in [0.717, 1.165) is 30.3 Å². The number of carbonyl (C=O) groups is 2. The minimum absolute atomic E-state index is 0.0266. The van der Waals surface area contributed by atoms with Crippen molar-refractivity contribution in [1.29, 1.82) is 0 Å². The van der Waals surface area contributed by atoms with Crippen LogP contribution >= 0.6 is 11.6 Å². The Morgan fingerprint density at radius 2 is 1.83 bits per heavy atom. The molecule has 0 saturated carbocycles. The van der Waals surface area contributed by atoms with Gasteiger partial charge < -0.3 is 19.5 Å². The van der Waals surface area contributed by atoms with E-state index in [0.29, 0.717) is 6.07 Å². The van der Waals surface area contributed by atoms with Crippen molar-refractivity contribution in [1.82, 2.24) is 0 Å². The van der Waals surface area contributed by atoms with E-state index in [1.165, 1.54) is 7.11 Å². The number of carbonyl (C=O) groups excluding carboxylic acids is 2. The summed E-state index contributed by atoms with van der Waals surface area (Å²) < 4.78 is 66.8. The largest absolute Gasteiger partial charge is 0.489 e. The summed E-state index contributed by atoms with van der Waals surface area (Å²) in [6, 6.07) is 5.50. The van der Waals surface area contributed by atoms with Gasteiger partial charge in [0.05, 0.1) is 28.4 Å². The van der Waals surface area contributed by atoms with Gasteiger partial charge in [-0.05, 0) is 36.4 Å². The zero-order chi connectivity index (χ0) is 22.3. The number of anilines is 1. The fourth-order valence-corrected chi connectivity index (χ4v) is 2.46. The number of amides is 1. The van der Waals surface area contributed by atoms with Gasteiger partial charge in [0.15, 0.2) is 6.61 Å². The van der Waals surface area contributed by atoms with Crippen LogP contribution in [0.5, 0.6) is 5.75 Å². The predicted octanol–water partition coefficient (Wildman–Crippen LogP) is 4.32. The molecule has 2 rings (SSSR count). The van der Waals surface area contributed by atoms with Gasteiger partial charge in [0.1, 0.15) is 18.2 Å². The molecule has 2 aromatic rings. The number of halogens is 5. The molecule has 11 heteroatoms. The lowest BCUT2D eigenvalue weighted by atomic mass is 10.1. The van der Waals surface area contributed by atoms with Crippen molar-refractivity contribution in [3.05, 3.63) is 58.4 Å². The first-order valence-corrected chi connectivity index (χ1v) is 8.74. The molecule has 0 atom stereocenters. The summed E-state index contributed by atoms with van der Waals surface area (Å²) in [7, 11) is 1.42. The number of hydrogen-bond donors (Lipinski definition) is 1. The second-order valence-corrected chi connectivity index (χ2v) is 6.21. The fraction of sp³-hybridized carbons (Fsp3) is 0.263. The number of rotatable bonds is 8. The zero-order valence-electron chi connectivity index (χ0n) is 15.5. The second-order valence-electron chi connectivity index (χ2n) is 5.80. The minimum atomic E-state index is -4.64. The molecule has 0 aromatic heterocycles. The van der Waals surface area contributed by atoms with Crippen molar-refractivity contribution in [2.75, 3.05) is 32.2 Å². The number of esters is 1. The zero-order valence-corrected chi connectivity index (χ0v) is 16.3. The molecule has 1 amide bonds. The summed E-state index contributed by atoms with van der Waals surface area (Å²) in [5, 5.41) is 1.99. The van der Waals surface area contributed by atoms with Gasteiger partial charge in [-0.15, -0.1) is 0 Å². The second kappa shape index (κ2) is 10.3. The van der Waals surface area contributed by atoms with Crippen molar-refractivity contribution >= 4 is 29.2 Å². The highest BCUT2D eigenvalue weighted by Crippen LogP contribution is 2.35. The highest BCUT2D eigenvalue weighted by molar-refractivity contribution is 6.33. The van der Waals surface area contributed by atoms with E-state index in [4.69, 9.17) is 25.8 Å². The Morgan fingerprint density at radius 3 is 2.47 bits per heavy atom. The molecule has 0 bridgehead atoms. The third-order valence-electron chi connectivity index (χ3n) is 3.61. The molecule has 1 N–H and O–H groups in total. The maximum Gasteiger partial charge on any atom is 0.416 e. The van der Waals surface area contributed by atoms with E-state index in [1.54, 1.807) is 0 Å². The lowest BCUT2D eigenvalue weighted by molar-refractivity contribution is -0.137. The number of methoxy groups -OCH3 is 1. The monoisotopic (exact) mass is 449 g/mol. The summed E-state index contributed by atoms with van der Waals surface area (Å²) in [5.41, 5.74) is -1.44. The van der Waals surface area contributed by atoms with E-state index in [-0.39, 0.29) is 35.2 Å². The van der Waals surface area contributed by atoms with Crippen LogP contribution in [-0.4, -0.2) is 38.8 Å². The first-order valence-electron chi connectivity index (χ1n) is 8.37. The quantitative estimate of drug-likeness (QED) is 0.369. The van der Waals surface area contributed by atoms with Crippen molar-refractivity contribution in [2.24, 2.45) is 0 Å². The van der Waals surface area contributed by atoms with Crippen molar-refractivity contribution in [3.63, 3.8) is 0 Å². The van der Waals surface area contributed by atoms with Gasteiger partial charge in [0, 0.05) is 7.11 Å². The third-order valence-corrected chi connectivity index (χ3v) is 3.92. The lowest BCUT2D eigenvalue weighted by Crippen LogP contribution is -2.22. The molecule has 0 heterocycles. The van der Waals surface area contributed by atoms with Crippen molar-refractivity contribution in [3.8, 4) is 5.75 Å². The van der Waals surface area contributed by atoms with E-state index in [1.807, 2.05) is 0 Å². The van der Waals surface area contributed by atoms with Crippen molar-refractivity contribution < 1.29 is 41.4 Å². The van der Waals surface area contributed by atoms with Crippen LogP contribution in [-0.2, 0) is 20.4 Å². The Hall–Kier alpha value is -2.85. The molecular weight excluding hydrogens is 434 g/mol. The molecular formula is C19H16ClF4NO5. The van der Waals surface area contributed by atoms with Gasteiger partial charge in [0.2, 0.25) is 0 Å². The van der Waals surface area contributed by atoms with Crippen LogP contribution in [0, 0.1) is 5.82 Å². The highest BCUT2D eigenvalue weighted by atomic mass is 35.5. The first kappa shape index (κ1) is 23.4. The average Bonchev–Trinajstić information content (AvgIpc) is 2.66. The molecule has 162 valence electrons. The summed E-state index contributed by atoms with van der Waals surface area (Å²) in [4.78, 5) is 24.1.